The fourth-order valence-corrected chi connectivity index (χ4v) is 2.65. The first-order chi connectivity index (χ1) is 9.48. The third-order valence-corrected chi connectivity index (χ3v) is 4.58. The molecule has 0 heterocycles. The molecule has 1 aromatic rings. The van der Waals surface area contributed by atoms with Crippen molar-refractivity contribution in [3.05, 3.63) is 34.3 Å². The van der Waals surface area contributed by atoms with Crippen molar-refractivity contribution in [3.63, 3.8) is 0 Å². The Morgan fingerprint density at radius 1 is 1.40 bits per heavy atom. The summed E-state index contributed by atoms with van der Waals surface area (Å²) in [6.07, 6.45) is 2.35. The third kappa shape index (κ3) is 3.20. The van der Waals surface area contributed by atoms with E-state index >= 15 is 0 Å². The van der Waals surface area contributed by atoms with Crippen LogP contribution < -0.4 is 5.32 Å². The van der Waals surface area contributed by atoms with Crippen LogP contribution in [0, 0.1) is 5.92 Å². The molecule has 0 aromatic heterocycles. The standard InChI is InChI=1S/C15H18BrNO3/c1-2-10(9-11-5-3-4-6-12(11)16)13(18)17-15(7-8-15)14(19)20/h3-6,10H,2,7-9H2,1H3,(H,17,18)(H,19,20). The van der Waals surface area contributed by atoms with Crippen LogP contribution in [-0.2, 0) is 16.0 Å². The lowest BCUT2D eigenvalue weighted by molar-refractivity contribution is -0.143. The summed E-state index contributed by atoms with van der Waals surface area (Å²) >= 11 is 3.47. The number of carbonyl (C=O) groups excluding carboxylic acids is 1. The van der Waals surface area contributed by atoms with Crippen LogP contribution in [0.5, 0.6) is 0 Å². The van der Waals surface area contributed by atoms with Gasteiger partial charge in [0.2, 0.25) is 5.91 Å². The molecule has 2 N–H and O–H groups in total. The molecule has 1 saturated carbocycles. The highest BCUT2D eigenvalue weighted by molar-refractivity contribution is 9.10. The highest BCUT2D eigenvalue weighted by atomic mass is 79.9. The second-order valence-corrected chi connectivity index (χ2v) is 6.13. The van der Waals surface area contributed by atoms with Crippen LogP contribution in [0.25, 0.3) is 0 Å². The monoisotopic (exact) mass is 339 g/mol. The summed E-state index contributed by atoms with van der Waals surface area (Å²) in [5.41, 5.74) is 0.0629. The molecule has 0 saturated heterocycles. The summed E-state index contributed by atoms with van der Waals surface area (Å²) in [5, 5.41) is 11.8. The quantitative estimate of drug-likeness (QED) is 0.837. The molecule has 1 aromatic carbocycles. The number of carbonyl (C=O) groups is 2. The molecule has 1 fully saturated rings. The van der Waals surface area contributed by atoms with Crippen molar-refractivity contribution in [3.8, 4) is 0 Å². The maximum atomic E-state index is 12.3. The van der Waals surface area contributed by atoms with Gasteiger partial charge >= 0.3 is 5.97 Å². The maximum absolute atomic E-state index is 12.3. The molecule has 20 heavy (non-hydrogen) atoms. The van der Waals surface area contributed by atoms with Crippen LogP contribution in [0.1, 0.15) is 31.7 Å². The van der Waals surface area contributed by atoms with Gasteiger partial charge in [-0.25, -0.2) is 4.79 Å². The van der Waals surface area contributed by atoms with E-state index in [2.05, 4.69) is 21.2 Å². The van der Waals surface area contributed by atoms with Gasteiger partial charge in [-0.05, 0) is 37.3 Å². The molecule has 108 valence electrons. The number of hydrogen-bond acceptors (Lipinski definition) is 2. The first-order valence-corrected chi connectivity index (χ1v) is 7.56. The number of halogens is 1. The first-order valence-electron chi connectivity index (χ1n) is 6.77. The van der Waals surface area contributed by atoms with E-state index in [1.807, 2.05) is 31.2 Å². The van der Waals surface area contributed by atoms with Crippen molar-refractivity contribution in [2.24, 2.45) is 5.92 Å². The Hall–Kier alpha value is -1.36. The minimum atomic E-state index is -1.00. The van der Waals surface area contributed by atoms with Gasteiger partial charge in [0.05, 0.1) is 0 Å². The number of amides is 1. The molecule has 0 spiro atoms. The third-order valence-electron chi connectivity index (χ3n) is 3.81. The maximum Gasteiger partial charge on any atom is 0.329 e. The van der Waals surface area contributed by atoms with Crippen LogP contribution >= 0.6 is 15.9 Å². The molecule has 0 bridgehead atoms. The largest absolute Gasteiger partial charge is 0.480 e. The fourth-order valence-electron chi connectivity index (χ4n) is 2.21. The Morgan fingerprint density at radius 2 is 2.05 bits per heavy atom. The number of aliphatic carboxylic acids is 1. The molecule has 1 aliphatic carbocycles. The highest BCUT2D eigenvalue weighted by Crippen LogP contribution is 2.36. The van der Waals surface area contributed by atoms with Gasteiger partial charge in [-0.1, -0.05) is 41.1 Å². The summed E-state index contributed by atoms with van der Waals surface area (Å²) in [6, 6.07) is 7.78. The molecule has 0 aliphatic heterocycles. The summed E-state index contributed by atoms with van der Waals surface area (Å²) in [4.78, 5) is 23.4. The number of nitrogens with one attached hydrogen (secondary N) is 1. The second kappa shape index (κ2) is 5.95. The van der Waals surface area contributed by atoms with Crippen molar-refractivity contribution < 1.29 is 14.7 Å². The van der Waals surface area contributed by atoms with Gasteiger partial charge in [-0.3, -0.25) is 4.79 Å². The normalized spacial score (nSPS) is 17.3. The topological polar surface area (TPSA) is 66.4 Å². The predicted molar refractivity (Wildman–Crippen MR) is 79.4 cm³/mol. The summed E-state index contributed by atoms with van der Waals surface area (Å²) < 4.78 is 0.977. The lowest BCUT2D eigenvalue weighted by Gasteiger charge is -2.19. The molecular formula is C15H18BrNO3. The van der Waals surface area contributed by atoms with Crippen LogP contribution in [-0.4, -0.2) is 22.5 Å². The fraction of sp³-hybridized carbons (Fsp3) is 0.467. The molecule has 1 aliphatic rings. The van der Waals surface area contributed by atoms with E-state index in [1.54, 1.807) is 0 Å². The van der Waals surface area contributed by atoms with E-state index in [4.69, 9.17) is 5.11 Å². The van der Waals surface area contributed by atoms with Crippen LogP contribution in [0.3, 0.4) is 0 Å². The van der Waals surface area contributed by atoms with Gasteiger partial charge in [0.1, 0.15) is 5.54 Å². The zero-order valence-electron chi connectivity index (χ0n) is 11.4. The van der Waals surface area contributed by atoms with Gasteiger partial charge in [0.25, 0.3) is 0 Å². The van der Waals surface area contributed by atoms with Gasteiger partial charge < -0.3 is 10.4 Å². The number of carboxylic acids is 1. The molecular weight excluding hydrogens is 322 g/mol. The van der Waals surface area contributed by atoms with E-state index in [-0.39, 0.29) is 11.8 Å². The van der Waals surface area contributed by atoms with E-state index in [0.717, 1.165) is 10.0 Å². The summed E-state index contributed by atoms with van der Waals surface area (Å²) in [6.45, 7) is 1.95. The van der Waals surface area contributed by atoms with E-state index in [9.17, 15) is 9.59 Å². The lowest BCUT2D eigenvalue weighted by atomic mass is 9.95. The van der Waals surface area contributed by atoms with Crippen LogP contribution in [0.15, 0.2) is 28.7 Å². The van der Waals surface area contributed by atoms with Crippen molar-refractivity contribution in [1.82, 2.24) is 5.32 Å². The molecule has 0 radical (unpaired) electrons. The van der Waals surface area contributed by atoms with Crippen LogP contribution in [0.2, 0.25) is 0 Å². The van der Waals surface area contributed by atoms with Gasteiger partial charge in [0, 0.05) is 10.4 Å². The van der Waals surface area contributed by atoms with E-state index in [0.29, 0.717) is 25.7 Å². The number of hydrogen-bond donors (Lipinski definition) is 2. The van der Waals surface area contributed by atoms with Crippen molar-refractivity contribution in [1.29, 1.82) is 0 Å². The number of benzene rings is 1. The average molecular weight is 340 g/mol. The molecule has 1 amide bonds. The van der Waals surface area contributed by atoms with Gasteiger partial charge in [0.15, 0.2) is 0 Å². The minimum absolute atomic E-state index is 0.164. The van der Waals surface area contributed by atoms with Gasteiger partial charge in [-0.15, -0.1) is 0 Å². The lowest BCUT2D eigenvalue weighted by Crippen LogP contribution is -2.46. The average Bonchev–Trinajstić information content (AvgIpc) is 3.18. The van der Waals surface area contributed by atoms with Crippen molar-refractivity contribution >= 4 is 27.8 Å². The Morgan fingerprint density at radius 3 is 2.55 bits per heavy atom. The zero-order valence-corrected chi connectivity index (χ0v) is 12.9. The summed E-state index contributed by atoms with van der Waals surface area (Å²) in [7, 11) is 0. The zero-order chi connectivity index (χ0) is 14.8. The predicted octanol–water partition coefficient (Wildman–Crippen LogP) is 2.75. The number of carboxylic acid groups (broad SMARTS) is 1. The molecule has 5 heteroatoms. The second-order valence-electron chi connectivity index (χ2n) is 5.28. The smallest absolute Gasteiger partial charge is 0.329 e. The molecule has 4 nitrogen and oxygen atoms in total. The van der Waals surface area contributed by atoms with Gasteiger partial charge in [-0.2, -0.15) is 0 Å². The Balaban J connectivity index is 2.03. The Bertz CT molecular complexity index is 526. The highest BCUT2D eigenvalue weighted by Gasteiger charge is 2.52. The Kier molecular flexibility index (Phi) is 4.48. The minimum Gasteiger partial charge on any atom is -0.480 e. The van der Waals surface area contributed by atoms with Crippen molar-refractivity contribution in [2.75, 3.05) is 0 Å². The Labute approximate surface area is 126 Å². The SMILES string of the molecule is CCC(Cc1ccccc1Br)C(=O)NC1(C(=O)O)CC1. The molecule has 1 unspecified atom stereocenters. The molecule has 1 atom stereocenters. The summed E-state index contributed by atoms with van der Waals surface area (Å²) in [5.74, 6) is -1.30. The number of rotatable bonds is 6. The van der Waals surface area contributed by atoms with Crippen LogP contribution in [0.4, 0.5) is 0 Å². The first kappa shape index (κ1) is 15.0. The van der Waals surface area contributed by atoms with E-state index in [1.165, 1.54) is 0 Å². The molecule has 2 rings (SSSR count). The van der Waals surface area contributed by atoms with E-state index < -0.39 is 11.5 Å². The van der Waals surface area contributed by atoms with Crippen molar-refractivity contribution in [2.45, 2.75) is 38.1 Å².